The Kier molecular flexibility index (Phi) is 9.88. The minimum Gasteiger partial charge on any atom is -0.398 e. The van der Waals surface area contributed by atoms with Gasteiger partial charge in [0.25, 0.3) is 5.91 Å². The number of allylic oxidation sites excluding steroid dienone is 5. The van der Waals surface area contributed by atoms with Crippen LogP contribution >= 0.6 is 0 Å². The topological polar surface area (TPSA) is 88.2 Å². The van der Waals surface area contributed by atoms with E-state index in [9.17, 15) is 9.18 Å². The quantitative estimate of drug-likeness (QED) is 0.364. The van der Waals surface area contributed by atoms with Gasteiger partial charge in [-0.1, -0.05) is 32.6 Å². The summed E-state index contributed by atoms with van der Waals surface area (Å²) in [7, 11) is 0. The molecule has 5 nitrogen and oxygen atoms in total. The van der Waals surface area contributed by atoms with Crippen molar-refractivity contribution >= 4 is 17.3 Å². The molecule has 1 fully saturated rings. The van der Waals surface area contributed by atoms with Gasteiger partial charge in [0.05, 0.1) is 17.6 Å². The van der Waals surface area contributed by atoms with Crippen molar-refractivity contribution < 1.29 is 13.9 Å². The lowest BCUT2D eigenvalue weighted by Gasteiger charge is -2.13. The van der Waals surface area contributed by atoms with Gasteiger partial charge in [0.2, 0.25) is 0 Å². The first-order chi connectivity index (χ1) is 13.4. The molecule has 6 heteroatoms. The number of nitrogens with two attached hydrogens (primary N) is 1. The zero-order valence-electron chi connectivity index (χ0n) is 16.8. The Labute approximate surface area is 166 Å². The van der Waals surface area contributed by atoms with E-state index in [1.54, 1.807) is 18.2 Å². The number of rotatable bonds is 7. The minimum absolute atomic E-state index is 0.0523. The van der Waals surface area contributed by atoms with Crippen molar-refractivity contribution in [2.45, 2.75) is 39.7 Å². The van der Waals surface area contributed by atoms with E-state index >= 15 is 0 Å². The fourth-order valence-corrected chi connectivity index (χ4v) is 2.64. The van der Waals surface area contributed by atoms with Crippen molar-refractivity contribution in [2.24, 2.45) is 0 Å². The molecule has 0 saturated carbocycles. The lowest BCUT2D eigenvalue weighted by atomic mass is 9.98. The average molecular weight is 387 g/mol. The number of carbonyl (C=O) groups excluding carboxylic acids is 1. The van der Waals surface area contributed by atoms with E-state index < -0.39 is 0 Å². The predicted octanol–water partition coefficient (Wildman–Crippen LogP) is 4.56. The molecule has 1 heterocycles. The predicted molar refractivity (Wildman–Crippen MR) is 113 cm³/mol. The van der Waals surface area contributed by atoms with Crippen LogP contribution in [0, 0.1) is 5.41 Å². The molecule has 1 aromatic rings. The maximum atomic E-state index is 13.0. The molecule has 1 aliphatic heterocycles. The first-order valence-corrected chi connectivity index (χ1v) is 9.47. The molecule has 2 rings (SSSR count). The van der Waals surface area contributed by atoms with Crippen molar-refractivity contribution in [3.8, 4) is 0 Å². The number of hydrogen-bond donors (Lipinski definition) is 3. The van der Waals surface area contributed by atoms with Gasteiger partial charge in [-0.05, 0) is 49.6 Å². The highest BCUT2D eigenvalue weighted by atomic mass is 19.1. The van der Waals surface area contributed by atoms with Gasteiger partial charge < -0.3 is 15.8 Å². The van der Waals surface area contributed by atoms with Gasteiger partial charge in [-0.3, -0.25) is 10.2 Å². The van der Waals surface area contributed by atoms with Crippen molar-refractivity contribution in [3.05, 3.63) is 65.5 Å². The van der Waals surface area contributed by atoms with Crippen LogP contribution in [-0.4, -0.2) is 30.9 Å². The van der Waals surface area contributed by atoms with Crippen LogP contribution in [0.2, 0.25) is 0 Å². The summed E-state index contributed by atoms with van der Waals surface area (Å²) in [5, 5.41) is 11.2. The molecule has 0 aromatic heterocycles. The van der Waals surface area contributed by atoms with Crippen molar-refractivity contribution in [3.63, 3.8) is 0 Å². The molecule has 1 saturated heterocycles. The number of nitrogen functional groups attached to an aromatic ring is 1. The third-order valence-corrected chi connectivity index (χ3v) is 4.10. The molecule has 152 valence electrons. The van der Waals surface area contributed by atoms with Crippen LogP contribution in [0.3, 0.4) is 0 Å². The first-order valence-electron chi connectivity index (χ1n) is 9.47. The van der Waals surface area contributed by atoms with Crippen LogP contribution in [-0.2, 0) is 4.74 Å². The summed E-state index contributed by atoms with van der Waals surface area (Å²) in [6.07, 6.45) is 6.15. The maximum absolute atomic E-state index is 13.0. The molecule has 28 heavy (non-hydrogen) atoms. The monoisotopic (exact) mass is 387 g/mol. The van der Waals surface area contributed by atoms with E-state index in [2.05, 4.69) is 11.9 Å². The summed E-state index contributed by atoms with van der Waals surface area (Å²) in [5.74, 6) is -0.634. The van der Waals surface area contributed by atoms with Gasteiger partial charge in [0.15, 0.2) is 0 Å². The molecule has 1 atom stereocenters. The van der Waals surface area contributed by atoms with E-state index in [-0.39, 0.29) is 23.5 Å². The molecule has 1 aromatic carbocycles. The smallest absolute Gasteiger partial charge is 0.251 e. The number of amides is 1. The zero-order valence-corrected chi connectivity index (χ0v) is 16.8. The fourth-order valence-electron chi connectivity index (χ4n) is 2.64. The highest BCUT2D eigenvalue weighted by molar-refractivity contribution is 6.16. The Morgan fingerprint density at radius 2 is 2.14 bits per heavy atom. The Balaban J connectivity index is 0.00000190. The third kappa shape index (κ3) is 6.78. The molecule has 1 amide bonds. The van der Waals surface area contributed by atoms with Crippen molar-refractivity contribution in [1.82, 2.24) is 5.32 Å². The fraction of sp³-hybridized carbons (Fsp3) is 0.364. The molecule has 1 unspecified atom stereocenters. The molecule has 1 aliphatic rings. The summed E-state index contributed by atoms with van der Waals surface area (Å²) < 4.78 is 18.4. The molecule has 0 bridgehead atoms. The van der Waals surface area contributed by atoms with E-state index in [1.807, 2.05) is 13.8 Å². The number of benzene rings is 1. The number of anilines is 1. The zero-order chi connectivity index (χ0) is 21.1. The Morgan fingerprint density at radius 3 is 2.71 bits per heavy atom. The van der Waals surface area contributed by atoms with Crippen molar-refractivity contribution in [1.29, 1.82) is 5.41 Å². The summed E-state index contributed by atoms with van der Waals surface area (Å²) in [5.41, 5.74) is 7.61. The Hall–Kier alpha value is -2.73. The van der Waals surface area contributed by atoms with Crippen LogP contribution < -0.4 is 11.1 Å². The lowest BCUT2D eigenvalue weighted by Crippen LogP contribution is -2.31. The maximum Gasteiger partial charge on any atom is 0.251 e. The normalized spacial score (nSPS) is 16.8. The van der Waals surface area contributed by atoms with Gasteiger partial charge >= 0.3 is 0 Å². The van der Waals surface area contributed by atoms with Crippen LogP contribution in [0.1, 0.15) is 49.5 Å². The lowest BCUT2D eigenvalue weighted by molar-refractivity contribution is 0.0858. The highest BCUT2D eigenvalue weighted by Gasteiger charge is 2.18. The van der Waals surface area contributed by atoms with E-state index in [4.69, 9.17) is 15.9 Å². The van der Waals surface area contributed by atoms with Crippen LogP contribution in [0.5, 0.6) is 0 Å². The summed E-state index contributed by atoms with van der Waals surface area (Å²) in [6, 6.07) is 4.76. The summed E-state index contributed by atoms with van der Waals surface area (Å²) >= 11 is 0. The second-order valence-corrected chi connectivity index (χ2v) is 6.10. The van der Waals surface area contributed by atoms with E-state index in [0.29, 0.717) is 28.9 Å². The number of ether oxygens (including phenoxy) is 1. The third-order valence-electron chi connectivity index (χ3n) is 4.10. The standard InChI is InChI=1S/C20H24FN3O2.C2H6/c1-3-14(7-6-13(2)21)19(23)17-11-15(8-9-18(17)22)20(25)24-12-16-5-4-10-26-16;1-2/h3,6-9,11,16,23H,1,4-5,10,12,22H2,2H3,(H,24,25);1-2H3/b13-6+,14-7+,23-19?;. The van der Waals surface area contributed by atoms with Crippen LogP contribution in [0.25, 0.3) is 0 Å². The van der Waals surface area contributed by atoms with Crippen molar-refractivity contribution in [2.75, 3.05) is 18.9 Å². The average Bonchev–Trinajstić information content (AvgIpc) is 3.21. The van der Waals surface area contributed by atoms with Gasteiger partial charge in [-0.15, -0.1) is 0 Å². The largest absolute Gasteiger partial charge is 0.398 e. The van der Waals surface area contributed by atoms with Gasteiger partial charge in [-0.2, -0.15) is 0 Å². The van der Waals surface area contributed by atoms with Gasteiger partial charge in [0.1, 0.15) is 0 Å². The number of nitrogens with one attached hydrogen (secondary N) is 2. The molecule has 0 spiro atoms. The first kappa shape index (κ1) is 23.3. The number of carbonyl (C=O) groups is 1. The number of halogens is 1. The van der Waals surface area contributed by atoms with Crippen LogP contribution in [0.4, 0.5) is 10.1 Å². The summed E-state index contributed by atoms with van der Waals surface area (Å²) in [4.78, 5) is 12.4. The van der Waals surface area contributed by atoms with Gasteiger partial charge in [-0.25, -0.2) is 4.39 Å². The number of hydrogen-bond acceptors (Lipinski definition) is 4. The summed E-state index contributed by atoms with van der Waals surface area (Å²) in [6.45, 7) is 10.1. The van der Waals surface area contributed by atoms with E-state index in [1.165, 1.54) is 25.2 Å². The van der Waals surface area contributed by atoms with Gasteiger partial charge in [0, 0.05) is 30.0 Å². The van der Waals surface area contributed by atoms with Crippen LogP contribution in [0.15, 0.2) is 54.4 Å². The minimum atomic E-state index is -0.382. The molecule has 0 aliphatic carbocycles. The Morgan fingerprint density at radius 1 is 1.43 bits per heavy atom. The second-order valence-electron chi connectivity index (χ2n) is 6.10. The SMILES string of the molecule is C=C/C(=C\C=C(/C)F)C(=N)c1cc(C(=O)NCC2CCCO2)ccc1N.CC. The molecular formula is C22H30FN3O2. The molecular weight excluding hydrogens is 357 g/mol. The molecule has 0 radical (unpaired) electrons. The molecule has 4 N–H and O–H groups in total. The highest BCUT2D eigenvalue weighted by Crippen LogP contribution is 2.19. The Bertz CT molecular complexity index is 759. The van der Waals surface area contributed by atoms with E-state index in [0.717, 1.165) is 19.4 Å². The second kappa shape index (κ2) is 11.9.